The average molecular weight is 367 g/mol. The van der Waals surface area contributed by atoms with Crippen LogP contribution in [0.1, 0.15) is 35.1 Å². The van der Waals surface area contributed by atoms with Crippen LogP contribution in [0, 0.1) is 5.82 Å². The van der Waals surface area contributed by atoms with Gasteiger partial charge in [0.15, 0.2) is 5.82 Å². The van der Waals surface area contributed by atoms with Crippen molar-refractivity contribution < 1.29 is 13.9 Å². The van der Waals surface area contributed by atoms with E-state index in [-0.39, 0.29) is 17.8 Å². The van der Waals surface area contributed by atoms with Crippen LogP contribution >= 0.6 is 0 Å². The van der Waals surface area contributed by atoms with E-state index in [1.807, 2.05) is 0 Å². The molecule has 0 radical (unpaired) electrons. The van der Waals surface area contributed by atoms with Gasteiger partial charge in [-0.2, -0.15) is 5.10 Å². The van der Waals surface area contributed by atoms with Gasteiger partial charge in [-0.15, -0.1) is 0 Å². The summed E-state index contributed by atoms with van der Waals surface area (Å²) in [6.07, 6.45) is 3.20. The quantitative estimate of drug-likeness (QED) is 0.766. The van der Waals surface area contributed by atoms with Gasteiger partial charge in [-0.05, 0) is 43.2 Å². The number of methoxy groups -OCH3 is 1. The summed E-state index contributed by atoms with van der Waals surface area (Å²) in [5.41, 5.74) is 1.22. The minimum absolute atomic E-state index is 0.104. The third-order valence-electron chi connectivity index (χ3n) is 4.63. The maximum absolute atomic E-state index is 13.1. The molecule has 1 amide bonds. The minimum Gasteiger partial charge on any atom is -0.481 e. The lowest BCUT2D eigenvalue weighted by molar-refractivity contribution is 0.0729. The van der Waals surface area contributed by atoms with Crippen LogP contribution in [-0.2, 0) is 0 Å². The number of carbonyl (C=O) groups excluding carboxylic acids is 1. The van der Waals surface area contributed by atoms with Gasteiger partial charge >= 0.3 is 0 Å². The van der Waals surface area contributed by atoms with Crippen molar-refractivity contribution in [2.75, 3.05) is 13.7 Å². The van der Waals surface area contributed by atoms with E-state index < -0.39 is 0 Å². The number of nitrogens with one attached hydrogen (secondary N) is 1. The number of ether oxygens (including phenoxy) is 1. The molecule has 3 heterocycles. The molecule has 1 atom stereocenters. The Morgan fingerprint density at radius 2 is 2.07 bits per heavy atom. The van der Waals surface area contributed by atoms with Gasteiger partial charge < -0.3 is 9.64 Å². The van der Waals surface area contributed by atoms with Gasteiger partial charge in [0, 0.05) is 24.4 Å². The normalized spacial score (nSPS) is 16.5. The lowest BCUT2D eigenvalue weighted by atomic mass is 10.2. The maximum atomic E-state index is 13.1. The number of carbonyl (C=O) groups is 1. The Balaban J connectivity index is 1.56. The fourth-order valence-electron chi connectivity index (χ4n) is 3.24. The predicted molar refractivity (Wildman–Crippen MR) is 95.6 cm³/mol. The van der Waals surface area contributed by atoms with Crippen molar-refractivity contribution in [3.05, 3.63) is 59.8 Å². The molecule has 1 saturated heterocycles. The van der Waals surface area contributed by atoms with E-state index in [0.717, 1.165) is 12.8 Å². The molecule has 7 nitrogen and oxygen atoms in total. The number of pyridine rings is 1. The fraction of sp³-hybridized carbons (Fsp3) is 0.263. The summed E-state index contributed by atoms with van der Waals surface area (Å²) in [7, 11) is 1.53. The molecule has 8 heteroatoms. The molecule has 0 aliphatic carbocycles. The first-order valence-electron chi connectivity index (χ1n) is 8.65. The molecular weight excluding hydrogens is 349 g/mol. The monoisotopic (exact) mass is 367 g/mol. The molecule has 1 aliphatic heterocycles. The number of H-pyrrole nitrogens is 1. The van der Waals surface area contributed by atoms with E-state index in [1.54, 1.807) is 29.2 Å². The molecule has 0 saturated carbocycles. The first kappa shape index (κ1) is 17.1. The second kappa shape index (κ2) is 7.14. The smallest absolute Gasteiger partial charge is 0.256 e. The SMILES string of the molecule is COc1ccc(C(=O)N2CCCC2c2nc(-c3ccc(F)cc3)n[nH]2)cn1. The topological polar surface area (TPSA) is 84.0 Å². The Bertz CT molecular complexity index is 939. The predicted octanol–water partition coefficient (Wildman–Crippen LogP) is 2.99. The first-order valence-corrected chi connectivity index (χ1v) is 8.65. The van der Waals surface area contributed by atoms with Gasteiger partial charge in [-0.3, -0.25) is 9.89 Å². The molecule has 1 aromatic carbocycles. The number of likely N-dealkylation sites (tertiary alicyclic amines) is 1. The summed E-state index contributed by atoms with van der Waals surface area (Å²) in [6.45, 7) is 0.641. The van der Waals surface area contributed by atoms with Crippen LogP contribution in [0.25, 0.3) is 11.4 Å². The molecule has 1 unspecified atom stereocenters. The number of nitrogens with zero attached hydrogens (tertiary/aromatic N) is 4. The third-order valence-corrected chi connectivity index (χ3v) is 4.63. The van der Waals surface area contributed by atoms with Crippen molar-refractivity contribution in [2.45, 2.75) is 18.9 Å². The number of hydrogen-bond donors (Lipinski definition) is 1. The second-order valence-electron chi connectivity index (χ2n) is 6.30. The number of halogens is 1. The van der Waals surface area contributed by atoms with Crippen molar-refractivity contribution in [1.82, 2.24) is 25.1 Å². The average Bonchev–Trinajstić information content (AvgIpc) is 3.37. The Morgan fingerprint density at radius 3 is 2.78 bits per heavy atom. The van der Waals surface area contributed by atoms with E-state index >= 15 is 0 Å². The van der Waals surface area contributed by atoms with Gasteiger partial charge in [0.1, 0.15) is 11.6 Å². The Labute approximate surface area is 155 Å². The molecule has 1 N–H and O–H groups in total. The summed E-state index contributed by atoms with van der Waals surface area (Å²) in [5.74, 6) is 1.16. The Morgan fingerprint density at radius 1 is 1.26 bits per heavy atom. The largest absolute Gasteiger partial charge is 0.481 e. The molecule has 0 spiro atoms. The highest BCUT2D eigenvalue weighted by molar-refractivity contribution is 5.94. The number of aromatic nitrogens is 4. The molecule has 138 valence electrons. The van der Waals surface area contributed by atoms with E-state index in [2.05, 4.69) is 20.2 Å². The van der Waals surface area contributed by atoms with Gasteiger partial charge in [-0.25, -0.2) is 14.4 Å². The number of amides is 1. The van der Waals surface area contributed by atoms with Gasteiger partial charge in [0.25, 0.3) is 5.91 Å². The first-order chi connectivity index (χ1) is 13.2. The van der Waals surface area contributed by atoms with Crippen molar-refractivity contribution in [3.8, 4) is 17.3 Å². The lowest BCUT2D eigenvalue weighted by Crippen LogP contribution is -2.31. The van der Waals surface area contributed by atoms with Crippen LogP contribution in [0.3, 0.4) is 0 Å². The molecule has 4 rings (SSSR count). The van der Waals surface area contributed by atoms with Crippen molar-refractivity contribution in [1.29, 1.82) is 0 Å². The molecule has 3 aromatic rings. The number of hydrogen-bond acceptors (Lipinski definition) is 5. The summed E-state index contributed by atoms with van der Waals surface area (Å²) in [4.78, 5) is 23.3. The van der Waals surface area contributed by atoms with Gasteiger partial charge in [0.05, 0.1) is 18.7 Å². The van der Waals surface area contributed by atoms with Crippen LogP contribution in [0.2, 0.25) is 0 Å². The van der Waals surface area contributed by atoms with Crippen molar-refractivity contribution >= 4 is 5.91 Å². The zero-order valence-corrected chi connectivity index (χ0v) is 14.7. The van der Waals surface area contributed by atoms with Crippen LogP contribution in [0.15, 0.2) is 42.6 Å². The van der Waals surface area contributed by atoms with Crippen molar-refractivity contribution in [2.24, 2.45) is 0 Å². The summed E-state index contributed by atoms with van der Waals surface area (Å²) >= 11 is 0. The van der Waals surface area contributed by atoms with Crippen LogP contribution in [-0.4, -0.2) is 44.6 Å². The highest BCUT2D eigenvalue weighted by Gasteiger charge is 2.33. The highest BCUT2D eigenvalue weighted by Crippen LogP contribution is 2.32. The molecule has 1 fully saturated rings. The summed E-state index contributed by atoms with van der Waals surface area (Å²) in [5, 5.41) is 7.16. The number of rotatable bonds is 4. The number of aromatic amines is 1. The van der Waals surface area contributed by atoms with E-state index in [0.29, 0.717) is 35.2 Å². The highest BCUT2D eigenvalue weighted by atomic mass is 19.1. The molecule has 27 heavy (non-hydrogen) atoms. The second-order valence-corrected chi connectivity index (χ2v) is 6.30. The maximum Gasteiger partial charge on any atom is 0.256 e. The molecule has 0 bridgehead atoms. The zero-order valence-electron chi connectivity index (χ0n) is 14.7. The summed E-state index contributed by atoms with van der Waals surface area (Å²) < 4.78 is 18.1. The van der Waals surface area contributed by atoms with E-state index in [1.165, 1.54) is 25.4 Å². The van der Waals surface area contributed by atoms with E-state index in [9.17, 15) is 9.18 Å². The van der Waals surface area contributed by atoms with Gasteiger partial charge in [0.2, 0.25) is 5.88 Å². The molecular formula is C19H18FN5O2. The lowest BCUT2D eigenvalue weighted by Gasteiger charge is -2.22. The van der Waals surface area contributed by atoms with Gasteiger partial charge in [-0.1, -0.05) is 0 Å². The standard InChI is InChI=1S/C19H18FN5O2/c1-27-16-9-6-13(11-21-16)19(26)25-10-2-3-15(25)18-22-17(23-24-18)12-4-7-14(20)8-5-12/h4-9,11,15H,2-3,10H2,1H3,(H,22,23,24). The summed E-state index contributed by atoms with van der Waals surface area (Å²) in [6, 6.07) is 9.18. The Hall–Kier alpha value is -3.29. The zero-order chi connectivity index (χ0) is 18.8. The van der Waals surface area contributed by atoms with Crippen LogP contribution < -0.4 is 4.74 Å². The fourth-order valence-corrected chi connectivity index (χ4v) is 3.24. The minimum atomic E-state index is -0.310. The molecule has 2 aromatic heterocycles. The molecule has 1 aliphatic rings. The van der Waals surface area contributed by atoms with Crippen molar-refractivity contribution in [3.63, 3.8) is 0 Å². The van der Waals surface area contributed by atoms with E-state index in [4.69, 9.17) is 4.74 Å². The van der Waals surface area contributed by atoms with Crippen LogP contribution in [0.5, 0.6) is 5.88 Å². The Kier molecular flexibility index (Phi) is 4.53. The number of benzene rings is 1. The third kappa shape index (κ3) is 3.38. The van der Waals surface area contributed by atoms with Crippen LogP contribution in [0.4, 0.5) is 4.39 Å².